The third kappa shape index (κ3) is 3.05. The van der Waals surface area contributed by atoms with Gasteiger partial charge in [0.05, 0.1) is 17.6 Å². The van der Waals surface area contributed by atoms with E-state index >= 15 is 0 Å². The molecule has 0 radical (unpaired) electrons. The Morgan fingerprint density at radius 3 is 3.00 bits per heavy atom. The molecule has 2 aromatic rings. The van der Waals surface area contributed by atoms with Crippen LogP contribution in [-0.2, 0) is 17.7 Å². The van der Waals surface area contributed by atoms with Gasteiger partial charge < -0.3 is 9.30 Å². The topological polar surface area (TPSA) is 27.1 Å². The highest BCUT2D eigenvalue weighted by Gasteiger charge is 2.10. The van der Waals surface area contributed by atoms with E-state index in [0.29, 0.717) is 12.5 Å². The van der Waals surface area contributed by atoms with E-state index in [4.69, 9.17) is 16.3 Å². The van der Waals surface area contributed by atoms with Crippen LogP contribution in [0.3, 0.4) is 0 Å². The van der Waals surface area contributed by atoms with Crippen molar-refractivity contribution in [2.24, 2.45) is 0 Å². The number of alkyl halides is 1. The molecule has 18 heavy (non-hydrogen) atoms. The van der Waals surface area contributed by atoms with Crippen LogP contribution in [0.1, 0.15) is 12.7 Å². The van der Waals surface area contributed by atoms with Crippen LogP contribution in [0.4, 0.5) is 0 Å². The molecule has 3 nitrogen and oxygen atoms in total. The van der Waals surface area contributed by atoms with Crippen molar-refractivity contribution >= 4 is 38.6 Å². The van der Waals surface area contributed by atoms with Gasteiger partial charge in [0.2, 0.25) is 0 Å². The minimum atomic E-state index is 0.582. The average molecular weight is 332 g/mol. The minimum Gasteiger partial charge on any atom is -0.380 e. The summed E-state index contributed by atoms with van der Waals surface area (Å²) in [5.41, 5.74) is 2.14. The zero-order valence-electron chi connectivity index (χ0n) is 10.3. The number of fused-ring (bicyclic) bond motifs is 1. The van der Waals surface area contributed by atoms with Gasteiger partial charge in [0.1, 0.15) is 5.82 Å². The van der Waals surface area contributed by atoms with Gasteiger partial charge in [-0.25, -0.2) is 4.98 Å². The van der Waals surface area contributed by atoms with Gasteiger partial charge in [-0.15, -0.1) is 11.6 Å². The average Bonchev–Trinajstić information content (AvgIpc) is 2.68. The number of aromatic nitrogens is 2. The Morgan fingerprint density at radius 1 is 1.44 bits per heavy atom. The molecule has 0 atom stereocenters. The van der Waals surface area contributed by atoms with Crippen LogP contribution < -0.4 is 0 Å². The van der Waals surface area contributed by atoms with E-state index in [9.17, 15) is 0 Å². The number of nitrogens with zero attached hydrogens (tertiary/aromatic N) is 2. The van der Waals surface area contributed by atoms with Gasteiger partial charge in [-0.3, -0.25) is 0 Å². The molecule has 0 saturated carbocycles. The van der Waals surface area contributed by atoms with Gasteiger partial charge in [0, 0.05) is 29.9 Å². The molecule has 0 N–H and O–H groups in total. The summed E-state index contributed by atoms with van der Waals surface area (Å²) >= 11 is 9.33. The molecule has 1 aromatic heterocycles. The normalized spacial score (nSPS) is 11.3. The molecule has 2 rings (SSSR count). The van der Waals surface area contributed by atoms with Crippen molar-refractivity contribution in [3.05, 3.63) is 28.5 Å². The third-order valence-electron chi connectivity index (χ3n) is 2.77. The molecule has 0 amide bonds. The number of benzene rings is 1. The number of imidazole rings is 1. The molecule has 0 unspecified atom stereocenters. The van der Waals surface area contributed by atoms with Crippen LogP contribution in [0.25, 0.3) is 11.0 Å². The van der Waals surface area contributed by atoms with Crippen molar-refractivity contribution in [1.82, 2.24) is 9.55 Å². The Labute approximate surface area is 120 Å². The molecule has 0 aliphatic heterocycles. The van der Waals surface area contributed by atoms with Crippen LogP contribution in [0.5, 0.6) is 0 Å². The van der Waals surface area contributed by atoms with E-state index in [-0.39, 0.29) is 0 Å². The van der Waals surface area contributed by atoms with Crippen LogP contribution in [0.2, 0.25) is 0 Å². The predicted molar refractivity (Wildman–Crippen MR) is 78.4 cm³/mol. The smallest absolute Gasteiger partial charge is 0.111 e. The van der Waals surface area contributed by atoms with Crippen molar-refractivity contribution in [2.45, 2.75) is 19.9 Å². The standard InChI is InChI=1S/C13H16BrClN2O/c1-2-18-8-7-17-12-9-10(14)3-4-11(12)16-13(17)5-6-15/h3-4,9H,2,5-8H2,1H3. The first kappa shape index (κ1) is 13.8. The van der Waals surface area contributed by atoms with Crippen molar-refractivity contribution < 1.29 is 4.74 Å². The molecule has 0 fully saturated rings. The van der Waals surface area contributed by atoms with Gasteiger partial charge >= 0.3 is 0 Å². The molecular weight excluding hydrogens is 316 g/mol. The molecule has 0 aliphatic rings. The van der Waals surface area contributed by atoms with Crippen molar-refractivity contribution in [1.29, 1.82) is 0 Å². The number of aryl methyl sites for hydroxylation is 1. The summed E-state index contributed by atoms with van der Waals surface area (Å²) in [6.45, 7) is 4.25. The highest BCUT2D eigenvalue weighted by molar-refractivity contribution is 9.10. The summed E-state index contributed by atoms with van der Waals surface area (Å²) < 4.78 is 8.68. The molecule has 1 heterocycles. The summed E-state index contributed by atoms with van der Waals surface area (Å²) in [6, 6.07) is 6.12. The van der Waals surface area contributed by atoms with Gasteiger partial charge in [0.15, 0.2) is 0 Å². The summed E-state index contributed by atoms with van der Waals surface area (Å²) in [5, 5.41) is 0. The van der Waals surface area contributed by atoms with Crippen LogP contribution in [-0.4, -0.2) is 28.6 Å². The number of hydrogen-bond donors (Lipinski definition) is 0. The van der Waals surface area contributed by atoms with Crippen molar-refractivity contribution in [3.63, 3.8) is 0 Å². The third-order valence-corrected chi connectivity index (χ3v) is 3.45. The SMILES string of the molecule is CCOCCn1c(CCCl)nc2ccc(Br)cc21. The zero-order valence-corrected chi connectivity index (χ0v) is 12.7. The quantitative estimate of drug-likeness (QED) is 0.597. The molecule has 0 aliphatic carbocycles. The highest BCUT2D eigenvalue weighted by Crippen LogP contribution is 2.21. The molecule has 5 heteroatoms. The number of rotatable bonds is 6. The second kappa shape index (κ2) is 6.55. The van der Waals surface area contributed by atoms with Crippen LogP contribution >= 0.6 is 27.5 Å². The lowest BCUT2D eigenvalue weighted by Gasteiger charge is -2.08. The lowest BCUT2D eigenvalue weighted by atomic mass is 10.3. The fourth-order valence-corrected chi connectivity index (χ4v) is 2.49. The fraction of sp³-hybridized carbons (Fsp3) is 0.462. The number of hydrogen-bond acceptors (Lipinski definition) is 2. The Hall–Kier alpha value is -0.580. The molecule has 1 aromatic carbocycles. The first-order valence-corrected chi connectivity index (χ1v) is 7.37. The Balaban J connectivity index is 2.36. The second-order valence-corrected chi connectivity index (χ2v) is 5.24. The lowest BCUT2D eigenvalue weighted by Crippen LogP contribution is -2.10. The van der Waals surface area contributed by atoms with Gasteiger partial charge in [-0.05, 0) is 25.1 Å². The molecular formula is C13H16BrClN2O. The van der Waals surface area contributed by atoms with E-state index in [0.717, 1.165) is 40.9 Å². The van der Waals surface area contributed by atoms with E-state index in [1.54, 1.807) is 0 Å². The van der Waals surface area contributed by atoms with Gasteiger partial charge in [-0.1, -0.05) is 15.9 Å². The monoisotopic (exact) mass is 330 g/mol. The largest absolute Gasteiger partial charge is 0.380 e. The van der Waals surface area contributed by atoms with Crippen molar-refractivity contribution in [3.8, 4) is 0 Å². The minimum absolute atomic E-state index is 0.582. The van der Waals surface area contributed by atoms with Crippen LogP contribution in [0, 0.1) is 0 Å². The maximum atomic E-state index is 5.83. The van der Waals surface area contributed by atoms with E-state index in [2.05, 4.69) is 31.5 Å². The maximum absolute atomic E-state index is 5.83. The van der Waals surface area contributed by atoms with Crippen LogP contribution in [0.15, 0.2) is 22.7 Å². The fourth-order valence-electron chi connectivity index (χ4n) is 1.97. The van der Waals surface area contributed by atoms with E-state index in [1.807, 2.05) is 19.1 Å². The summed E-state index contributed by atoms with van der Waals surface area (Å²) in [6.07, 6.45) is 0.778. The van der Waals surface area contributed by atoms with Gasteiger partial charge in [-0.2, -0.15) is 0 Å². The van der Waals surface area contributed by atoms with Gasteiger partial charge in [0.25, 0.3) is 0 Å². The predicted octanol–water partition coefficient (Wildman–Crippen LogP) is 3.62. The molecule has 0 saturated heterocycles. The first-order chi connectivity index (χ1) is 8.76. The highest BCUT2D eigenvalue weighted by atomic mass is 79.9. The zero-order chi connectivity index (χ0) is 13.0. The van der Waals surface area contributed by atoms with Crippen molar-refractivity contribution in [2.75, 3.05) is 19.1 Å². The maximum Gasteiger partial charge on any atom is 0.111 e. The molecule has 0 spiro atoms. The number of ether oxygens (including phenoxy) is 1. The first-order valence-electron chi connectivity index (χ1n) is 6.04. The summed E-state index contributed by atoms with van der Waals surface area (Å²) in [5.74, 6) is 1.61. The Kier molecular flexibility index (Phi) is 5.03. The van der Waals surface area contributed by atoms with E-state index < -0.39 is 0 Å². The Morgan fingerprint density at radius 2 is 2.28 bits per heavy atom. The molecule has 0 bridgehead atoms. The molecule has 98 valence electrons. The lowest BCUT2D eigenvalue weighted by molar-refractivity contribution is 0.139. The Bertz CT molecular complexity index is 527. The van der Waals surface area contributed by atoms with E-state index in [1.165, 1.54) is 0 Å². The summed E-state index contributed by atoms with van der Waals surface area (Å²) in [4.78, 5) is 4.62. The second-order valence-electron chi connectivity index (χ2n) is 3.95. The number of halogens is 2. The summed E-state index contributed by atoms with van der Waals surface area (Å²) in [7, 11) is 0.